The maximum absolute atomic E-state index is 10.2. The monoisotopic (exact) mass is 186 g/mol. The number of carboxylic acids is 1. The summed E-state index contributed by atoms with van der Waals surface area (Å²) < 4.78 is 0. The molecular weight excluding hydrogens is 172 g/mol. The van der Waals surface area contributed by atoms with E-state index in [2.05, 4.69) is 12.2 Å². The Bertz CT molecular complexity index is 177. The second-order valence-electron chi connectivity index (χ2n) is 2.91. The van der Waals surface area contributed by atoms with Gasteiger partial charge in [-0.2, -0.15) is 11.8 Å². The highest BCUT2D eigenvalue weighted by atomic mass is 32.2. The Morgan fingerprint density at radius 1 is 1.67 bits per heavy atom. The van der Waals surface area contributed by atoms with Gasteiger partial charge in [-0.05, 0) is 19.3 Å². The maximum Gasteiger partial charge on any atom is 0.304 e. The molecule has 0 heterocycles. The van der Waals surface area contributed by atoms with E-state index in [9.17, 15) is 4.79 Å². The van der Waals surface area contributed by atoms with Gasteiger partial charge in [-0.25, -0.2) is 0 Å². The van der Waals surface area contributed by atoms with Crippen molar-refractivity contribution in [2.45, 2.75) is 30.9 Å². The van der Waals surface area contributed by atoms with E-state index >= 15 is 0 Å². The average molecular weight is 186 g/mol. The van der Waals surface area contributed by atoms with Crippen molar-refractivity contribution < 1.29 is 9.90 Å². The first-order chi connectivity index (χ1) is 5.79. The van der Waals surface area contributed by atoms with Crippen LogP contribution in [0.2, 0.25) is 0 Å². The van der Waals surface area contributed by atoms with Gasteiger partial charge < -0.3 is 5.11 Å². The van der Waals surface area contributed by atoms with Gasteiger partial charge in [0.05, 0.1) is 6.42 Å². The zero-order valence-corrected chi connectivity index (χ0v) is 7.85. The largest absolute Gasteiger partial charge is 0.481 e. The molecule has 1 aliphatic rings. The highest BCUT2D eigenvalue weighted by Gasteiger charge is 2.08. The zero-order valence-electron chi connectivity index (χ0n) is 7.03. The molecule has 2 nitrogen and oxygen atoms in total. The highest BCUT2D eigenvalue weighted by Crippen LogP contribution is 2.23. The van der Waals surface area contributed by atoms with Gasteiger partial charge in [0.25, 0.3) is 0 Å². The van der Waals surface area contributed by atoms with Gasteiger partial charge in [0, 0.05) is 11.0 Å². The van der Waals surface area contributed by atoms with Crippen molar-refractivity contribution in [3.05, 3.63) is 12.2 Å². The number of carbonyl (C=O) groups is 1. The molecule has 0 bridgehead atoms. The molecule has 1 N–H and O–H groups in total. The van der Waals surface area contributed by atoms with E-state index in [0.29, 0.717) is 5.25 Å². The van der Waals surface area contributed by atoms with Crippen LogP contribution >= 0.6 is 11.8 Å². The van der Waals surface area contributed by atoms with Crippen LogP contribution in [-0.4, -0.2) is 22.1 Å². The van der Waals surface area contributed by atoms with Crippen LogP contribution in [0.15, 0.2) is 12.2 Å². The first-order valence-corrected chi connectivity index (χ1v) is 5.34. The average Bonchev–Trinajstić information content (AvgIpc) is 2.05. The molecule has 0 saturated heterocycles. The summed E-state index contributed by atoms with van der Waals surface area (Å²) in [6.07, 6.45) is 8.34. The van der Waals surface area contributed by atoms with Gasteiger partial charge in [0.2, 0.25) is 0 Å². The zero-order chi connectivity index (χ0) is 8.81. The fourth-order valence-corrected chi connectivity index (χ4v) is 2.37. The predicted octanol–water partition coefficient (Wildman–Crippen LogP) is 2.30. The molecule has 0 saturated carbocycles. The molecule has 0 aliphatic heterocycles. The van der Waals surface area contributed by atoms with E-state index < -0.39 is 5.97 Å². The Kier molecular flexibility index (Phi) is 4.22. The normalized spacial score (nSPS) is 22.5. The number of aliphatic carboxylic acids is 1. The molecule has 0 aromatic heterocycles. The second kappa shape index (κ2) is 5.25. The topological polar surface area (TPSA) is 37.3 Å². The lowest BCUT2D eigenvalue weighted by molar-refractivity contribution is -0.136. The molecule has 1 rings (SSSR count). The van der Waals surface area contributed by atoms with Crippen molar-refractivity contribution in [2.24, 2.45) is 0 Å². The molecule has 1 aliphatic carbocycles. The number of allylic oxidation sites excluding steroid dienone is 1. The van der Waals surface area contributed by atoms with Crippen LogP contribution in [0.5, 0.6) is 0 Å². The molecule has 1 atom stereocenters. The summed E-state index contributed by atoms with van der Waals surface area (Å²) in [6.45, 7) is 0. The van der Waals surface area contributed by atoms with Crippen LogP contribution in [0, 0.1) is 0 Å². The number of rotatable bonds is 4. The van der Waals surface area contributed by atoms with Crippen molar-refractivity contribution in [2.75, 3.05) is 5.75 Å². The van der Waals surface area contributed by atoms with Crippen LogP contribution in [0.3, 0.4) is 0 Å². The Labute approximate surface area is 77.0 Å². The minimum atomic E-state index is -0.692. The van der Waals surface area contributed by atoms with E-state index in [-0.39, 0.29) is 6.42 Å². The third-order valence-corrected chi connectivity index (χ3v) is 3.12. The van der Waals surface area contributed by atoms with Gasteiger partial charge in [-0.3, -0.25) is 4.79 Å². The summed E-state index contributed by atoms with van der Waals surface area (Å²) in [6, 6.07) is 0. The lowest BCUT2D eigenvalue weighted by Crippen LogP contribution is -2.05. The van der Waals surface area contributed by atoms with Crippen LogP contribution in [0.1, 0.15) is 25.7 Å². The van der Waals surface area contributed by atoms with Crippen molar-refractivity contribution in [1.82, 2.24) is 0 Å². The predicted molar refractivity (Wildman–Crippen MR) is 51.5 cm³/mol. The highest BCUT2D eigenvalue weighted by molar-refractivity contribution is 8.00. The molecule has 12 heavy (non-hydrogen) atoms. The fourth-order valence-electron chi connectivity index (χ4n) is 1.22. The smallest absolute Gasteiger partial charge is 0.304 e. The van der Waals surface area contributed by atoms with E-state index in [1.165, 1.54) is 19.3 Å². The molecule has 68 valence electrons. The molecule has 0 aromatic rings. The summed E-state index contributed by atoms with van der Waals surface area (Å²) in [5.41, 5.74) is 0. The molecule has 0 radical (unpaired) electrons. The van der Waals surface area contributed by atoms with Crippen molar-refractivity contribution in [3.8, 4) is 0 Å². The molecule has 0 spiro atoms. The van der Waals surface area contributed by atoms with E-state index in [4.69, 9.17) is 5.11 Å². The lowest BCUT2D eigenvalue weighted by atomic mass is 10.1. The first kappa shape index (κ1) is 9.65. The molecule has 1 unspecified atom stereocenters. The second-order valence-corrected chi connectivity index (χ2v) is 4.26. The number of thioether (sulfide) groups is 1. The first-order valence-electron chi connectivity index (χ1n) is 4.29. The number of hydrogen-bond acceptors (Lipinski definition) is 2. The molecule has 3 heteroatoms. The van der Waals surface area contributed by atoms with Gasteiger partial charge in [0.15, 0.2) is 0 Å². The minimum absolute atomic E-state index is 0.287. The summed E-state index contributed by atoms with van der Waals surface area (Å²) >= 11 is 1.76. The number of carboxylic acid groups (broad SMARTS) is 1. The fraction of sp³-hybridized carbons (Fsp3) is 0.667. The van der Waals surface area contributed by atoms with Crippen LogP contribution in [0.4, 0.5) is 0 Å². The lowest BCUT2D eigenvalue weighted by Gasteiger charge is -2.14. The van der Waals surface area contributed by atoms with Crippen molar-refractivity contribution in [3.63, 3.8) is 0 Å². The van der Waals surface area contributed by atoms with Crippen molar-refractivity contribution >= 4 is 17.7 Å². The Hall–Kier alpha value is -0.440. The molecule has 0 fully saturated rings. The SMILES string of the molecule is O=C(O)CCSC1C=CCCC1. The molecular formula is C9H14O2S. The number of hydrogen-bond donors (Lipinski definition) is 1. The van der Waals surface area contributed by atoms with E-state index in [0.717, 1.165) is 5.75 Å². The summed E-state index contributed by atoms with van der Waals surface area (Å²) in [4.78, 5) is 10.2. The van der Waals surface area contributed by atoms with Crippen molar-refractivity contribution in [1.29, 1.82) is 0 Å². The third-order valence-electron chi connectivity index (χ3n) is 1.86. The molecule has 0 aromatic carbocycles. The Morgan fingerprint density at radius 3 is 3.08 bits per heavy atom. The van der Waals surface area contributed by atoms with Gasteiger partial charge in [-0.1, -0.05) is 12.2 Å². The van der Waals surface area contributed by atoms with E-state index in [1.54, 1.807) is 11.8 Å². The maximum atomic E-state index is 10.2. The van der Waals surface area contributed by atoms with Crippen LogP contribution < -0.4 is 0 Å². The Balaban J connectivity index is 2.09. The minimum Gasteiger partial charge on any atom is -0.481 e. The summed E-state index contributed by atoms with van der Waals surface area (Å²) in [5.74, 6) is 0.0481. The van der Waals surface area contributed by atoms with Crippen LogP contribution in [-0.2, 0) is 4.79 Å². The standard InChI is InChI=1S/C9H14O2S/c10-9(11)6-7-12-8-4-2-1-3-5-8/h2,4,8H,1,3,5-7H2,(H,10,11). The van der Waals surface area contributed by atoms with E-state index in [1.807, 2.05) is 0 Å². The third kappa shape index (κ3) is 3.81. The quantitative estimate of drug-likeness (QED) is 0.684. The van der Waals surface area contributed by atoms with Crippen LogP contribution in [0.25, 0.3) is 0 Å². The van der Waals surface area contributed by atoms with Gasteiger partial charge in [-0.15, -0.1) is 0 Å². The Morgan fingerprint density at radius 2 is 2.50 bits per heavy atom. The summed E-state index contributed by atoms with van der Waals surface area (Å²) in [5, 5.41) is 8.98. The van der Waals surface area contributed by atoms with Gasteiger partial charge in [0.1, 0.15) is 0 Å². The van der Waals surface area contributed by atoms with Gasteiger partial charge >= 0.3 is 5.97 Å². The molecule has 0 amide bonds. The summed E-state index contributed by atoms with van der Waals surface area (Å²) in [7, 11) is 0.